The highest BCUT2D eigenvalue weighted by Gasteiger charge is 2.43. The summed E-state index contributed by atoms with van der Waals surface area (Å²) in [6.45, 7) is -0.0645. The number of amides is 1. The molecule has 1 saturated heterocycles. The van der Waals surface area contributed by atoms with E-state index in [1.807, 2.05) is 0 Å². The second kappa shape index (κ2) is 7.96. The number of nitrogens with one attached hydrogen (secondary N) is 2. The molecular formula is C16H16Cl2FN3O5S. The standard InChI is InChI=1S/C16H16Cl2FN3O5S/c17-9-1-2-10(11(19)7-9)14-13(18)12(22-27-14)8-20-16(15(23)21-24)3-5-28(25,26)6-4-16/h1-2,7,20,24H,3-6,8H2,(H,21,23). The molecule has 0 spiro atoms. The van der Waals surface area contributed by atoms with Gasteiger partial charge in [0.1, 0.15) is 31.9 Å². The van der Waals surface area contributed by atoms with Crippen LogP contribution in [0.3, 0.4) is 0 Å². The number of hydroxylamine groups is 1. The van der Waals surface area contributed by atoms with Crippen molar-refractivity contribution in [3.05, 3.63) is 39.8 Å². The summed E-state index contributed by atoms with van der Waals surface area (Å²) < 4.78 is 42.6. The summed E-state index contributed by atoms with van der Waals surface area (Å²) in [6.07, 6.45) is -0.0638. The average Bonchev–Trinajstić information content (AvgIpc) is 3.01. The first-order valence-corrected chi connectivity index (χ1v) is 10.7. The number of benzene rings is 1. The molecule has 0 aliphatic carbocycles. The van der Waals surface area contributed by atoms with Crippen molar-refractivity contribution in [3.63, 3.8) is 0 Å². The van der Waals surface area contributed by atoms with E-state index in [9.17, 15) is 17.6 Å². The average molecular weight is 452 g/mol. The number of rotatable bonds is 5. The maximum absolute atomic E-state index is 14.1. The molecule has 1 fully saturated rings. The Hall–Kier alpha value is -1.72. The molecule has 1 aromatic carbocycles. The lowest BCUT2D eigenvalue weighted by Gasteiger charge is -2.35. The maximum atomic E-state index is 14.1. The number of aromatic nitrogens is 1. The largest absolute Gasteiger partial charge is 0.354 e. The summed E-state index contributed by atoms with van der Waals surface area (Å²) in [5.41, 5.74) is 0.519. The van der Waals surface area contributed by atoms with Crippen LogP contribution in [0, 0.1) is 5.82 Å². The van der Waals surface area contributed by atoms with Gasteiger partial charge in [0.2, 0.25) is 0 Å². The molecule has 8 nitrogen and oxygen atoms in total. The van der Waals surface area contributed by atoms with Gasteiger partial charge in [0, 0.05) is 11.6 Å². The number of nitrogens with zero attached hydrogens (tertiary/aromatic N) is 1. The van der Waals surface area contributed by atoms with Crippen molar-refractivity contribution in [1.82, 2.24) is 16.0 Å². The molecule has 1 aliphatic rings. The lowest BCUT2D eigenvalue weighted by molar-refractivity contribution is -0.136. The number of hydrogen-bond acceptors (Lipinski definition) is 7. The second-order valence-electron chi connectivity index (χ2n) is 6.42. The summed E-state index contributed by atoms with van der Waals surface area (Å²) in [5.74, 6) is -1.81. The van der Waals surface area contributed by atoms with Crippen LogP contribution in [-0.4, -0.2) is 41.7 Å². The highest BCUT2D eigenvalue weighted by Crippen LogP contribution is 2.34. The first kappa shape index (κ1) is 21.0. The summed E-state index contributed by atoms with van der Waals surface area (Å²) in [4.78, 5) is 12.2. The summed E-state index contributed by atoms with van der Waals surface area (Å²) in [7, 11) is -3.24. The lowest BCUT2D eigenvalue weighted by atomic mass is 9.91. The fraction of sp³-hybridized carbons (Fsp3) is 0.375. The van der Waals surface area contributed by atoms with Crippen LogP contribution >= 0.6 is 23.2 Å². The first-order chi connectivity index (χ1) is 13.2. The molecule has 152 valence electrons. The minimum Gasteiger partial charge on any atom is -0.354 e. The van der Waals surface area contributed by atoms with E-state index < -0.39 is 27.1 Å². The minimum absolute atomic E-state index is 0.000449. The molecule has 0 atom stereocenters. The minimum atomic E-state index is -3.24. The molecule has 0 radical (unpaired) electrons. The summed E-state index contributed by atoms with van der Waals surface area (Å²) in [5, 5.41) is 16.0. The molecule has 3 N–H and O–H groups in total. The topological polar surface area (TPSA) is 122 Å². The quantitative estimate of drug-likeness (QED) is 0.470. The van der Waals surface area contributed by atoms with Crippen LogP contribution in [0.1, 0.15) is 18.5 Å². The Balaban J connectivity index is 1.82. The molecule has 3 rings (SSSR count). The van der Waals surface area contributed by atoms with Crippen LogP contribution in [0.25, 0.3) is 11.3 Å². The van der Waals surface area contributed by atoms with Crippen molar-refractivity contribution in [2.24, 2.45) is 0 Å². The Morgan fingerprint density at radius 1 is 1.32 bits per heavy atom. The van der Waals surface area contributed by atoms with Crippen molar-refractivity contribution >= 4 is 38.9 Å². The van der Waals surface area contributed by atoms with E-state index in [4.69, 9.17) is 32.9 Å². The van der Waals surface area contributed by atoms with Crippen molar-refractivity contribution in [3.8, 4) is 11.3 Å². The highest BCUT2D eigenvalue weighted by atomic mass is 35.5. The third kappa shape index (κ3) is 4.15. The zero-order valence-corrected chi connectivity index (χ0v) is 16.7. The van der Waals surface area contributed by atoms with E-state index in [0.29, 0.717) is 0 Å². The van der Waals surface area contributed by atoms with Gasteiger partial charge in [-0.2, -0.15) is 0 Å². The van der Waals surface area contributed by atoms with Crippen LogP contribution in [0.15, 0.2) is 22.7 Å². The van der Waals surface area contributed by atoms with Crippen LogP contribution in [0.5, 0.6) is 0 Å². The third-order valence-electron chi connectivity index (χ3n) is 4.69. The van der Waals surface area contributed by atoms with Gasteiger partial charge in [-0.15, -0.1) is 0 Å². The fourth-order valence-corrected chi connectivity index (χ4v) is 4.91. The molecule has 1 aromatic heterocycles. The zero-order chi connectivity index (χ0) is 20.5. The Labute approximate surface area is 169 Å². The molecular weight excluding hydrogens is 436 g/mol. The van der Waals surface area contributed by atoms with Crippen LogP contribution in [-0.2, 0) is 21.2 Å². The van der Waals surface area contributed by atoms with Gasteiger partial charge < -0.3 is 4.52 Å². The van der Waals surface area contributed by atoms with Gasteiger partial charge in [0.05, 0.1) is 17.1 Å². The van der Waals surface area contributed by atoms with E-state index >= 15 is 0 Å². The van der Waals surface area contributed by atoms with Gasteiger partial charge in [-0.3, -0.25) is 15.3 Å². The van der Waals surface area contributed by atoms with Crippen LogP contribution in [0.4, 0.5) is 4.39 Å². The predicted molar refractivity (Wildman–Crippen MR) is 99.3 cm³/mol. The predicted octanol–water partition coefficient (Wildman–Crippen LogP) is 2.33. The van der Waals surface area contributed by atoms with Gasteiger partial charge in [0.25, 0.3) is 5.91 Å². The highest BCUT2D eigenvalue weighted by molar-refractivity contribution is 7.91. The number of hydrogen-bond donors (Lipinski definition) is 3. The number of carbonyl (C=O) groups is 1. The van der Waals surface area contributed by atoms with E-state index in [2.05, 4.69) is 10.5 Å². The van der Waals surface area contributed by atoms with E-state index in [-0.39, 0.29) is 58.0 Å². The molecule has 0 unspecified atom stereocenters. The normalized spacial score (nSPS) is 18.0. The van der Waals surface area contributed by atoms with Crippen molar-refractivity contribution in [1.29, 1.82) is 0 Å². The van der Waals surface area contributed by atoms with Crippen LogP contribution in [0.2, 0.25) is 10.0 Å². The van der Waals surface area contributed by atoms with E-state index in [1.165, 1.54) is 12.1 Å². The van der Waals surface area contributed by atoms with Gasteiger partial charge >= 0.3 is 0 Å². The monoisotopic (exact) mass is 451 g/mol. The van der Waals surface area contributed by atoms with Crippen molar-refractivity contribution < 1.29 is 27.3 Å². The summed E-state index contributed by atoms with van der Waals surface area (Å²) in [6, 6.07) is 3.98. The second-order valence-corrected chi connectivity index (χ2v) is 9.54. The van der Waals surface area contributed by atoms with Crippen molar-refractivity contribution in [2.75, 3.05) is 11.5 Å². The molecule has 0 bridgehead atoms. The molecule has 12 heteroatoms. The molecule has 2 aromatic rings. The Kier molecular flexibility index (Phi) is 5.97. The number of halogens is 3. The number of sulfone groups is 1. The van der Waals surface area contributed by atoms with E-state index in [0.717, 1.165) is 6.07 Å². The smallest absolute Gasteiger partial charge is 0.263 e. The Bertz CT molecular complexity index is 998. The first-order valence-electron chi connectivity index (χ1n) is 8.17. The fourth-order valence-electron chi connectivity index (χ4n) is 2.99. The molecule has 1 amide bonds. The molecule has 28 heavy (non-hydrogen) atoms. The zero-order valence-electron chi connectivity index (χ0n) is 14.3. The maximum Gasteiger partial charge on any atom is 0.263 e. The van der Waals surface area contributed by atoms with Crippen LogP contribution < -0.4 is 10.8 Å². The Morgan fingerprint density at radius 2 is 2.00 bits per heavy atom. The lowest BCUT2D eigenvalue weighted by Crippen LogP contribution is -2.59. The van der Waals surface area contributed by atoms with Gasteiger partial charge in [-0.1, -0.05) is 28.4 Å². The van der Waals surface area contributed by atoms with E-state index in [1.54, 1.807) is 5.48 Å². The summed E-state index contributed by atoms with van der Waals surface area (Å²) >= 11 is 12.0. The molecule has 1 aliphatic heterocycles. The molecule has 0 saturated carbocycles. The van der Waals surface area contributed by atoms with Gasteiger partial charge in [-0.05, 0) is 31.0 Å². The van der Waals surface area contributed by atoms with Crippen molar-refractivity contribution in [2.45, 2.75) is 24.9 Å². The van der Waals surface area contributed by atoms with Gasteiger partial charge in [0.15, 0.2) is 5.76 Å². The third-order valence-corrected chi connectivity index (χ3v) is 6.96. The molecule has 2 heterocycles. The SMILES string of the molecule is O=C(NO)C1(NCc2noc(-c3ccc(Cl)cc3F)c2Cl)CCS(=O)(=O)CC1. The number of carbonyl (C=O) groups excluding carboxylic acids is 1. The Morgan fingerprint density at radius 3 is 2.61 bits per heavy atom. The van der Waals surface area contributed by atoms with Gasteiger partial charge in [-0.25, -0.2) is 18.3 Å².